The number of nitrogens with zero attached hydrogens (tertiary/aromatic N) is 2. The number of rotatable bonds is 2. The summed E-state index contributed by atoms with van der Waals surface area (Å²) in [6.07, 6.45) is 0. The Kier molecular flexibility index (Phi) is 2.96. The normalized spacial score (nSPS) is 20.1. The third-order valence-corrected chi connectivity index (χ3v) is 2.90. The van der Waals surface area contributed by atoms with Crippen molar-refractivity contribution < 1.29 is 9.18 Å². The van der Waals surface area contributed by atoms with Crippen molar-refractivity contribution in [3.63, 3.8) is 0 Å². The number of carbonyl (C=O) groups excluding carboxylic acids is 1. The van der Waals surface area contributed by atoms with Crippen LogP contribution in [0.15, 0.2) is 29.4 Å². The van der Waals surface area contributed by atoms with Gasteiger partial charge in [-0.3, -0.25) is 4.79 Å². The van der Waals surface area contributed by atoms with Gasteiger partial charge < -0.3 is 0 Å². The lowest BCUT2D eigenvalue weighted by molar-refractivity contribution is -0.120. The van der Waals surface area contributed by atoms with Gasteiger partial charge in [-0.1, -0.05) is 19.9 Å². The summed E-state index contributed by atoms with van der Waals surface area (Å²) in [5.41, 5.74) is 1.27. The Morgan fingerprint density at radius 2 is 2.12 bits per heavy atom. The van der Waals surface area contributed by atoms with Crippen LogP contribution in [0.25, 0.3) is 0 Å². The maximum Gasteiger partial charge on any atom is 0.256 e. The molecule has 1 aliphatic rings. The first kappa shape index (κ1) is 11.8. The second kappa shape index (κ2) is 4.28. The summed E-state index contributed by atoms with van der Waals surface area (Å²) in [5, 5.41) is 5.51. The highest BCUT2D eigenvalue weighted by Gasteiger charge is 2.36. The predicted octanol–water partition coefficient (Wildman–Crippen LogP) is 2.82. The van der Waals surface area contributed by atoms with Crippen LogP contribution in [0.1, 0.15) is 20.8 Å². The molecule has 4 heteroatoms. The van der Waals surface area contributed by atoms with Gasteiger partial charge >= 0.3 is 0 Å². The average molecular weight is 234 g/mol. The zero-order chi connectivity index (χ0) is 12.6. The predicted molar refractivity (Wildman–Crippen MR) is 65.3 cm³/mol. The maximum atomic E-state index is 13.1. The molecule has 0 fully saturated rings. The number of hydrogen-bond acceptors (Lipinski definition) is 2. The molecule has 90 valence electrons. The summed E-state index contributed by atoms with van der Waals surface area (Å²) in [6, 6.07) is 5.92. The van der Waals surface area contributed by atoms with E-state index in [9.17, 15) is 9.18 Å². The Labute approximate surface area is 99.9 Å². The van der Waals surface area contributed by atoms with Crippen LogP contribution in [0, 0.1) is 17.7 Å². The van der Waals surface area contributed by atoms with Crippen molar-refractivity contribution in [1.82, 2.24) is 0 Å². The minimum atomic E-state index is -0.365. The molecule has 0 saturated heterocycles. The van der Waals surface area contributed by atoms with Gasteiger partial charge in [0.15, 0.2) is 0 Å². The van der Waals surface area contributed by atoms with Crippen LogP contribution >= 0.6 is 0 Å². The standard InChI is InChI=1S/C13H15FN2O/c1-8(2)12-9(3)15-16(13(12)17)11-6-4-5-10(14)7-11/h4-8,12H,1-3H3. The van der Waals surface area contributed by atoms with Crippen molar-refractivity contribution in [2.24, 2.45) is 16.9 Å². The van der Waals surface area contributed by atoms with E-state index in [0.29, 0.717) is 5.69 Å². The molecule has 17 heavy (non-hydrogen) atoms. The topological polar surface area (TPSA) is 32.7 Å². The van der Waals surface area contributed by atoms with Crippen LogP contribution in [0.2, 0.25) is 0 Å². The average Bonchev–Trinajstić information content (AvgIpc) is 2.54. The second-order valence-corrected chi connectivity index (χ2v) is 4.59. The fourth-order valence-corrected chi connectivity index (χ4v) is 2.14. The highest BCUT2D eigenvalue weighted by Crippen LogP contribution is 2.28. The Morgan fingerprint density at radius 3 is 2.65 bits per heavy atom. The van der Waals surface area contributed by atoms with E-state index >= 15 is 0 Å². The van der Waals surface area contributed by atoms with E-state index in [1.165, 1.54) is 17.1 Å². The Morgan fingerprint density at radius 1 is 1.41 bits per heavy atom. The zero-order valence-corrected chi connectivity index (χ0v) is 10.1. The molecular formula is C13H15FN2O. The van der Waals surface area contributed by atoms with Crippen LogP contribution in [0.5, 0.6) is 0 Å². The Bertz CT molecular complexity index is 482. The van der Waals surface area contributed by atoms with Gasteiger partial charge in [-0.25, -0.2) is 9.40 Å². The van der Waals surface area contributed by atoms with Gasteiger partial charge in [0.2, 0.25) is 0 Å². The molecule has 1 aromatic carbocycles. The summed E-state index contributed by atoms with van der Waals surface area (Å²) < 4.78 is 13.1. The van der Waals surface area contributed by atoms with E-state index in [1.54, 1.807) is 12.1 Å². The van der Waals surface area contributed by atoms with Gasteiger partial charge in [-0.2, -0.15) is 5.10 Å². The highest BCUT2D eigenvalue weighted by atomic mass is 19.1. The Balaban J connectivity index is 2.34. The van der Waals surface area contributed by atoms with Crippen LogP contribution in [-0.2, 0) is 4.79 Å². The highest BCUT2D eigenvalue weighted by molar-refractivity contribution is 6.14. The lowest BCUT2D eigenvalue weighted by Crippen LogP contribution is -2.30. The molecule has 0 N–H and O–H groups in total. The number of carbonyl (C=O) groups is 1. The first-order valence-corrected chi connectivity index (χ1v) is 5.65. The number of anilines is 1. The molecule has 1 atom stereocenters. The van der Waals surface area contributed by atoms with Crippen molar-refractivity contribution in [3.05, 3.63) is 30.1 Å². The van der Waals surface area contributed by atoms with E-state index in [2.05, 4.69) is 5.10 Å². The molecule has 0 radical (unpaired) electrons. The quantitative estimate of drug-likeness (QED) is 0.774. The molecule has 0 spiro atoms. The summed E-state index contributed by atoms with van der Waals surface area (Å²) in [4.78, 5) is 12.2. The lowest BCUT2D eigenvalue weighted by Gasteiger charge is -2.16. The van der Waals surface area contributed by atoms with Crippen LogP contribution in [0.3, 0.4) is 0 Å². The van der Waals surface area contributed by atoms with E-state index in [1.807, 2.05) is 20.8 Å². The first-order chi connectivity index (χ1) is 8.00. The van der Waals surface area contributed by atoms with Gasteiger partial charge in [-0.05, 0) is 31.0 Å². The number of hydrazone groups is 1. The molecule has 0 saturated carbocycles. The van der Waals surface area contributed by atoms with Gasteiger partial charge in [-0.15, -0.1) is 0 Å². The number of benzene rings is 1. The SMILES string of the molecule is CC1=NN(c2cccc(F)c2)C(=O)C1C(C)C. The summed E-state index contributed by atoms with van der Waals surface area (Å²) in [6.45, 7) is 5.80. The fourth-order valence-electron chi connectivity index (χ4n) is 2.14. The summed E-state index contributed by atoms with van der Waals surface area (Å²) in [7, 11) is 0. The molecule has 1 heterocycles. The fraction of sp³-hybridized carbons (Fsp3) is 0.385. The molecule has 0 aliphatic carbocycles. The van der Waals surface area contributed by atoms with Crippen molar-refractivity contribution >= 4 is 17.3 Å². The smallest absolute Gasteiger partial charge is 0.256 e. The molecular weight excluding hydrogens is 219 g/mol. The largest absolute Gasteiger partial charge is 0.272 e. The van der Waals surface area contributed by atoms with Crippen LogP contribution in [-0.4, -0.2) is 11.6 Å². The summed E-state index contributed by atoms with van der Waals surface area (Å²) >= 11 is 0. The molecule has 3 nitrogen and oxygen atoms in total. The second-order valence-electron chi connectivity index (χ2n) is 4.59. The molecule has 1 aromatic rings. The minimum Gasteiger partial charge on any atom is -0.272 e. The van der Waals surface area contributed by atoms with Crippen molar-refractivity contribution in [1.29, 1.82) is 0 Å². The van der Waals surface area contributed by atoms with Crippen molar-refractivity contribution in [2.75, 3.05) is 5.01 Å². The molecule has 0 bridgehead atoms. The number of amides is 1. The van der Waals surface area contributed by atoms with Crippen molar-refractivity contribution in [3.8, 4) is 0 Å². The van der Waals surface area contributed by atoms with Crippen molar-refractivity contribution in [2.45, 2.75) is 20.8 Å². The number of hydrogen-bond donors (Lipinski definition) is 0. The van der Waals surface area contributed by atoms with E-state index < -0.39 is 0 Å². The molecule has 0 aromatic heterocycles. The van der Waals surface area contributed by atoms with E-state index in [4.69, 9.17) is 0 Å². The first-order valence-electron chi connectivity index (χ1n) is 5.65. The third kappa shape index (κ3) is 2.07. The monoisotopic (exact) mass is 234 g/mol. The zero-order valence-electron chi connectivity index (χ0n) is 10.1. The molecule has 1 aliphatic heterocycles. The van der Waals surface area contributed by atoms with E-state index in [-0.39, 0.29) is 23.6 Å². The number of halogens is 1. The third-order valence-electron chi connectivity index (χ3n) is 2.90. The molecule has 1 unspecified atom stereocenters. The molecule has 1 amide bonds. The molecule has 2 rings (SSSR count). The van der Waals surface area contributed by atoms with Crippen LogP contribution in [0.4, 0.5) is 10.1 Å². The van der Waals surface area contributed by atoms with Gasteiger partial charge in [0.25, 0.3) is 5.91 Å². The van der Waals surface area contributed by atoms with E-state index in [0.717, 1.165) is 5.71 Å². The summed E-state index contributed by atoms with van der Waals surface area (Å²) in [5.74, 6) is -0.442. The van der Waals surface area contributed by atoms with Gasteiger partial charge in [0, 0.05) is 5.71 Å². The van der Waals surface area contributed by atoms with Crippen LogP contribution < -0.4 is 5.01 Å². The maximum absolute atomic E-state index is 13.1. The Hall–Kier alpha value is -1.71. The van der Waals surface area contributed by atoms with Gasteiger partial charge in [0.1, 0.15) is 5.82 Å². The van der Waals surface area contributed by atoms with Gasteiger partial charge in [0.05, 0.1) is 11.6 Å². The minimum absolute atomic E-state index is 0.0805. The lowest BCUT2D eigenvalue weighted by atomic mass is 9.92.